The van der Waals surface area contributed by atoms with Gasteiger partial charge >= 0.3 is 5.97 Å². The highest BCUT2D eigenvalue weighted by atomic mass is 19.1. The van der Waals surface area contributed by atoms with E-state index in [1.807, 2.05) is 0 Å². The normalized spacial score (nSPS) is 10.3. The number of anilines is 1. The highest BCUT2D eigenvalue weighted by Gasteiger charge is 2.16. The molecule has 0 fully saturated rings. The molecule has 104 valence electrons. The average molecular weight is 279 g/mol. The fourth-order valence-electron chi connectivity index (χ4n) is 1.60. The maximum absolute atomic E-state index is 13.4. The van der Waals surface area contributed by atoms with Crippen molar-refractivity contribution < 1.29 is 23.4 Å². The van der Waals surface area contributed by atoms with Gasteiger partial charge in [-0.2, -0.15) is 0 Å². The number of phenolic OH excluding ortho intramolecular Hbond substituents is 1. The third-order valence-corrected chi connectivity index (χ3v) is 2.59. The Morgan fingerprint density at radius 2 is 1.95 bits per heavy atom. The van der Waals surface area contributed by atoms with Crippen molar-refractivity contribution in [1.29, 1.82) is 0 Å². The molecule has 0 saturated heterocycles. The molecule has 3 N–H and O–H groups in total. The summed E-state index contributed by atoms with van der Waals surface area (Å²) in [6, 6.07) is 7.49. The van der Waals surface area contributed by atoms with Crippen LogP contribution in [0.4, 0.5) is 14.5 Å². The second-order valence-electron chi connectivity index (χ2n) is 4.10. The first-order valence-electron chi connectivity index (χ1n) is 5.67. The predicted octanol–water partition coefficient (Wildman–Crippen LogP) is 2.61. The Morgan fingerprint density at radius 1 is 1.20 bits per heavy atom. The van der Waals surface area contributed by atoms with Gasteiger partial charge in [0, 0.05) is 6.07 Å². The zero-order valence-corrected chi connectivity index (χ0v) is 10.3. The highest BCUT2D eigenvalue weighted by molar-refractivity contribution is 5.90. The van der Waals surface area contributed by atoms with Gasteiger partial charge in [0.1, 0.15) is 24.0 Å². The number of aromatic hydroxyl groups is 1. The number of esters is 1. The number of carbonyl (C=O) groups excluding carboxylic acids is 1. The van der Waals surface area contributed by atoms with Gasteiger partial charge in [0.2, 0.25) is 0 Å². The second-order valence-corrected chi connectivity index (χ2v) is 4.10. The van der Waals surface area contributed by atoms with Gasteiger partial charge in [0.25, 0.3) is 0 Å². The molecule has 2 aromatic carbocycles. The molecule has 2 rings (SSSR count). The summed E-state index contributed by atoms with van der Waals surface area (Å²) in [7, 11) is 0. The first kappa shape index (κ1) is 13.8. The lowest BCUT2D eigenvalue weighted by atomic mass is 10.2. The Hall–Kier alpha value is -2.63. The Morgan fingerprint density at radius 3 is 2.65 bits per heavy atom. The molecule has 0 aliphatic heterocycles. The number of hydrogen-bond donors (Lipinski definition) is 2. The lowest BCUT2D eigenvalue weighted by molar-refractivity contribution is 0.0467. The minimum absolute atomic E-state index is 0.0238. The number of ether oxygens (including phenoxy) is 1. The van der Waals surface area contributed by atoms with E-state index in [-0.39, 0.29) is 18.0 Å². The molecule has 0 saturated carbocycles. The Balaban J connectivity index is 2.11. The van der Waals surface area contributed by atoms with E-state index in [1.54, 1.807) is 12.1 Å². The molecule has 0 atom stereocenters. The fourth-order valence-corrected chi connectivity index (χ4v) is 1.60. The Bertz CT molecular complexity index is 659. The maximum Gasteiger partial charge on any atom is 0.341 e. The molecule has 6 heteroatoms. The molecule has 2 aromatic rings. The van der Waals surface area contributed by atoms with E-state index in [4.69, 9.17) is 10.5 Å². The standard InChI is InChI=1S/C14H11F2NO3/c15-11-6-12(16)13(17)5-10(11)14(19)20-7-8-2-1-3-9(18)4-8/h1-6,18H,7,17H2. The molecule has 0 heterocycles. The SMILES string of the molecule is Nc1cc(C(=O)OCc2cccc(O)c2)c(F)cc1F. The van der Waals surface area contributed by atoms with Crippen molar-refractivity contribution in [2.24, 2.45) is 0 Å². The summed E-state index contributed by atoms with van der Waals surface area (Å²) in [6.07, 6.45) is 0. The van der Waals surface area contributed by atoms with Crippen LogP contribution in [0.5, 0.6) is 5.75 Å². The Kier molecular flexibility index (Phi) is 3.84. The molecule has 0 aliphatic rings. The predicted molar refractivity (Wildman–Crippen MR) is 68.0 cm³/mol. The van der Waals surface area contributed by atoms with Crippen LogP contribution in [0.1, 0.15) is 15.9 Å². The van der Waals surface area contributed by atoms with Crippen LogP contribution < -0.4 is 5.73 Å². The van der Waals surface area contributed by atoms with Gasteiger partial charge in [-0.3, -0.25) is 0 Å². The minimum atomic E-state index is -1.04. The number of nitrogen functional groups attached to an aromatic ring is 1. The lowest BCUT2D eigenvalue weighted by Crippen LogP contribution is -2.09. The summed E-state index contributed by atoms with van der Waals surface area (Å²) in [5.74, 6) is -2.92. The van der Waals surface area contributed by atoms with Crippen molar-refractivity contribution in [2.45, 2.75) is 6.61 Å². The fraction of sp³-hybridized carbons (Fsp3) is 0.0714. The largest absolute Gasteiger partial charge is 0.508 e. The molecule has 0 aromatic heterocycles. The first-order chi connectivity index (χ1) is 9.47. The molecule has 20 heavy (non-hydrogen) atoms. The van der Waals surface area contributed by atoms with Crippen LogP contribution in [-0.2, 0) is 11.3 Å². The highest BCUT2D eigenvalue weighted by Crippen LogP contribution is 2.18. The van der Waals surface area contributed by atoms with Crippen LogP contribution in [0.25, 0.3) is 0 Å². The molecular weight excluding hydrogens is 268 g/mol. The van der Waals surface area contributed by atoms with E-state index in [0.29, 0.717) is 11.6 Å². The topological polar surface area (TPSA) is 72.6 Å². The zero-order valence-electron chi connectivity index (χ0n) is 10.3. The molecule has 0 bridgehead atoms. The number of phenols is 1. The van der Waals surface area contributed by atoms with Gasteiger partial charge in [-0.05, 0) is 23.8 Å². The van der Waals surface area contributed by atoms with Crippen LogP contribution in [0.15, 0.2) is 36.4 Å². The maximum atomic E-state index is 13.4. The molecule has 0 unspecified atom stereocenters. The number of nitrogens with two attached hydrogens (primary N) is 1. The Labute approximate surface area is 113 Å². The van der Waals surface area contributed by atoms with Crippen LogP contribution in [0, 0.1) is 11.6 Å². The van der Waals surface area contributed by atoms with Crippen molar-refractivity contribution >= 4 is 11.7 Å². The van der Waals surface area contributed by atoms with Crippen LogP contribution in [-0.4, -0.2) is 11.1 Å². The molecule has 0 amide bonds. The summed E-state index contributed by atoms with van der Waals surface area (Å²) in [4.78, 5) is 11.7. The average Bonchev–Trinajstić information content (AvgIpc) is 2.40. The third-order valence-electron chi connectivity index (χ3n) is 2.59. The third kappa shape index (κ3) is 3.03. The quantitative estimate of drug-likeness (QED) is 0.669. The van der Waals surface area contributed by atoms with Crippen LogP contribution in [0.2, 0.25) is 0 Å². The number of rotatable bonds is 3. The van der Waals surface area contributed by atoms with Gasteiger partial charge < -0.3 is 15.6 Å². The summed E-state index contributed by atoms with van der Waals surface area (Å²) < 4.78 is 31.3. The van der Waals surface area contributed by atoms with Gasteiger partial charge in [-0.25, -0.2) is 13.6 Å². The molecule has 0 spiro atoms. The lowest BCUT2D eigenvalue weighted by Gasteiger charge is -2.07. The molecule has 0 aliphatic carbocycles. The summed E-state index contributed by atoms with van der Waals surface area (Å²) in [5, 5.41) is 9.25. The molecule has 0 radical (unpaired) electrons. The molecular formula is C14H11F2NO3. The van der Waals surface area contributed by atoms with E-state index in [9.17, 15) is 18.7 Å². The van der Waals surface area contributed by atoms with Crippen LogP contribution >= 0.6 is 0 Å². The monoisotopic (exact) mass is 279 g/mol. The van der Waals surface area contributed by atoms with Gasteiger partial charge in [-0.15, -0.1) is 0 Å². The zero-order chi connectivity index (χ0) is 14.7. The summed E-state index contributed by atoms with van der Waals surface area (Å²) >= 11 is 0. The summed E-state index contributed by atoms with van der Waals surface area (Å²) in [5.41, 5.74) is 5.03. The minimum Gasteiger partial charge on any atom is -0.508 e. The smallest absolute Gasteiger partial charge is 0.341 e. The number of hydrogen-bond acceptors (Lipinski definition) is 4. The van der Waals surface area contributed by atoms with E-state index < -0.39 is 23.2 Å². The van der Waals surface area contributed by atoms with Crippen molar-refractivity contribution in [3.63, 3.8) is 0 Å². The number of carbonyl (C=O) groups is 1. The number of halogens is 2. The van der Waals surface area contributed by atoms with Crippen molar-refractivity contribution in [1.82, 2.24) is 0 Å². The number of benzene rings is 2. The summed E-state index contributed by atoms with van der Waals surface area (Å²) in [6.45, 7) is -0.149. The van der Waals surface area contributed by atoms with E-state index in [2.05, 4.69) is 0 Å². The van der Waals surface area contributed by atoms with Gasteiger partial charge in [0.15, 0.2) is 0 Å². The van der Waals surface area contributed by atoms with Crippen LogP contribution in [0.3, 0.4) is 0 Å². The van der Waals surface area contributed by atoms with E-state index in [1.165, 1.54) is 12.1 Å². The van der Waals surface area contributed by atoms with Crippen molar-refractivity contribution in [3.8, 4) is 5.75 Å². The van der Waals surface area contributed by atoms with Crippen molar-refractivity contribution in [3.05, 3.63) is 59.2 Å². The molecule has 4 nitrogen and oxygen atoms in total. The second kappa shape index (κ2) is 5.56. The van der Waals surface area contributed by atoms with Gasteiger partial charge in [-0.1, -0.05) is 12.1 Å². The first-order valence-corrected chi connectivity index (χ1v) is 5.67. The van der Waals surface area contributed by atoms with E-state index in [0.717, 1.165) is 6.07 Å². The van der Waals surface area contributed by atoms with Crippen molar-refractivity contribution in [2.75, 3.05) is 5.73 Å². The van der Waals surface area contributed by atoms with Gasteiger partial charge in [0.05, 0.1) is 11.3 Å². The van der Waals surface area contributed by atoms with E-state index >= 15 is 0 Å².